The molecule has 2 aromatic rings. The molecule has 0 aromatic heterocycles. The predicted octanol–water partition coefficient (Wildman–Crippen LogP) is 3.12. The van der Waals surface area contributed by atoms with Crippen LogP contribution >= 0.6 is 0 Å². The summed E-state index contributed by atoms with van der Waals surface area (Å²) in [7, 11) is 1.63. The molecule has 1 aliphatic rings. The molecule has 0 saturated carbocycles. The van der Waals surface area contributed by atoms with E-state index in [1.807, 2.05) is 41.3 Å². The molecule has 2 aromatic carbocycles. The average molecular weight is 400 g/mol. The van der Waals surface area contributed by atoms with Crippen LogP contribution in [0.25, 0.3) is 0 Å². The molecule has 29 heavy (non-hydrogen) atoms. The van der Waals surface area contributed by atoms with Crippen molar-refractivity contribution < 1.29 is 19.0 Å². The number of β-amino-alcohol motifs (C(OH)–C–C–N with tert-alkyl or cyclic N) is 1. The van der Waals surface area contributed by atoms with Crippen molar-refractivity contribution in [3.8, 4) is 11.5 Å². The number of benzene rings is 2. The topological polar surface area (TPSA) is 45.2 Å². The Balaban J connectivity index is 1.48. The molecule has 156 valence electrons. The molecule has 0 amide bonds. The van der Waals surface area contributed by atoms with E-state index in [0.717, 1.165) is 43.2 Å². The lowest BCUT2D eigenvalue weighted by Crippen LogP contribution is -2.49. The number of anilines is 1. The number of rotatable bonds is 9. The number of para-hydroxylation sites is 1. The number of hydrogen-bond donors (Lipinski definition) is 1. The van der Waals surface area contributed by atoms with E-state index >= 15 is 0 Å². The minimum Gasteiger partial charge on any atom is -0.497 e. The summed E-state index contributed by atoms with van der Waals surface area (Å²) in [5.41, 5.74) is 1.62. The molecule has 1 N–H and O–H groups in total. The molecule has 0 spiro atoms. The van der Waals surface area contributed by atoms with Gasteiger partial charge in [-0.05, 0) is 36.8 Å². The zero-order valence-corrected chi connectivity index (χ0v) is 16.9. The smallest absolute Gasteiger partial charge is 0.146 e. The van der Waals surface area contributed by atoms with Crippen molar-refractivity contribution in [1.29, 1.82) is 0 Å². The number of piperazine rings is 1. The summed E-state index contributed by atoms with van der Waals surface area (Å²) in [6.07, 6.45) is 1.88. The molecule has 6 heteroatoms. The lowest BCUT2D eigenvalue weighted by Gasteiger charge is -2.37. The number of aliphatic hydroxyl groups excluding tert-OH is 1. The molecule has 5 nitrogen and oxygen atoms in total. The second-order valence-electron chi connectivity index (χ2n) is 7.17. The molecule has 0 unspecified atom stereocenters. The van der Waals surface area contributed by atoms with Gasteiger partial charge in [-0.3, -0.25) is 4.90 Å². The second kappa shape index (κ2) is 10.3. The van der Waals surface area contributed by atoms with E-state index in [2.05, 4.69) is 11.5 Å². The van der Waals surface area contributed by atoms with Crippen LogP contribution in [0.15, 0.2) is 55.1 Å². The van der Waals surface area contributed by atoms with Gasteiger partial charge in [0.1, 0.15) is 30.0 Å². The van der Waals surface area contributed by atoms with Crippen LogP contribution in [0.2, 0.25) is 0 Å². The Morgan fingerprint density at radius 2 is 1.93 bits per heavy atom. The van der Waals surface area contributed by atoms with Crippen LogP contribution in [0.5, 0.6) is 11.5 Å². The maximum Gasteiger partial charge on any atom is 0.146 e. The van der Waals surface area contributed by atoms with Gasteiger partial charge in [-0.2, -0.15) is 0 Å². The summed E-state index contributed by atoms with van der Waals surface area (Å²) in [6.45, 7) is 7.53. The fourth-order valence-corrected chi connectivity index (χ4v) is 3.55. The Labute approximate surface area is 172 Å². The van der Waals surface area contributed by atoms with Gasteiger partial charge in [-0.1, -0.05) is 18.2 Å². The summed E-state index contributed by atoms with van der Waals surface area (Å²) in [5.74, 6) is 1.31. The highest BCUT2D eigenvalue weighted by Gasteiger charge is 2.21. The largest absolute Gasteiger partial charge is 0.497 e. The zero-order valence-electron chi connectivity index (χ0n) is 16.9. The molecular formula is C23H29FN2O3. The summed E-state index contributed by atoms with van der Waals surface area (Å²) in [4.78, 5) is 4.23. The standard InChI is InChI=1S/C23H29FN2O3/c1-3-6-18-15-20(28-2)9-10-23(18)29-17-19(27)16-25-11-13-26(14-12-25)22-8-5-4-7-21(22)24/h3-5,7-10,15,19,27H,1,6,11-14,16-17H2,2H3/t19-/m1/s1. The quantitative estimate of drug-likeness (QED) is 0.656. The monoisotopic (exact) mass is 400 g/mol. The minimum atomic E-state index is -0.603. The van der Waals surface area contributed by atoms with Crippen LogP contribution in [0.3, 0.4) is 0 Å². The molecule has 0 radical (unpaired) electrons. The first-order chi connectivity index (χ1) is 14.1. The van der Waals surface area contributed by atoms with E-state index in [1.54, 1.807) is 13.2 Å². The fourth-order valence-electron chi connectivity index (χ4n) is 3.55. The number of halogens is 1. The van der Waals surface area contributed by atoms with Crippen molar-refractivity contribution in [1.82, 2.24) is 4.90 Å². The lowest BCUT2D eigenvalue weighted by molar-refractivity contribution is 0.0659. The Bertz CT molecular complexity index is 806. The van der Waals surface area contributed by atoms with Gasteiger partial charge in [-0.15, -0.1) is 6.58 Å². The van der Waals surface area contributed by atoms with Gasteiger partial charge < -0.3 is 19.5 Å². The maximum atomic E-state index is 14.0. The first-order valence-corrected chi connectivity index (χ1v) is 9.91. The van der Waals surface area contributed by atoms with E-state index in [9.17, 15) is 9.50 Å². The van der Waals surface area contributed by atoms with Crippen LogP contribution in [0.4, 0.5) is 10.1 Å². The third kappa shape index (κ3) is 5.71. The summed E-state index contributed by atoms with van der Waals surface area (Å²) >= 11 is 0. The SMILES string of the molecule is C=CCc1cc(OC)ccc1OC[C@H](O)CN1CCN(c2ccccc2F)CC1. The number of methoxy groups -OCH3 is 1. The minimum absolute atomic E-state index is 0.191. The molecule has 1 atom stereocenters. The number of hydrogen-bond acceptors (Lipinski definition) is 5. The van der Waals surface area contributed by atoms with Gasteiger partial charge >= 0.3 is 0 Å². The molecule has 1 saturated heterocycles. The molecule has 0 aliphatic carbocycles. The van der Waals surface area contributed by atoms with Crippen LogP contribution < -0.4 is 14.4 Å². The Morgan fingerprint density at radius 1 is 1.17 bits per heavy atom. The van der Waals surface area contributed by atoms with Gasteiger partial charge in [-0.25, -0.2) is 4.39 Å². The van der Waals surface area contributed by atoms with Crippen LogP contribution in [0.1, 0.15) is 5.56 Å². The highest BCUT2D eigenvalue weighted by molar-refractivity contribution is 5.48. The Kier molecular flexibility index (Phi) is 7.49. The van der Waals surface area contributed by atoms with Gasteiger partial charge in [0.05, 0.1) is 12.8 Å². The summed E-state index contributed by atoms with van der Waals surface area (Å²) < 4.78 is 25.1. The number of nitrogens with zero attached hydrogens (tertiary/aromatic N) is 2. The van der Waals surface area contributed by atoms with Gasteiger partial charge in [0, 0.05) is 38.3 Å². The van der Waals surface area contributed by atoms with Crippen molar-refractivity contribution in [2.75, 3.05) is 51.3 Å². The van der Waals surface area contributed by atoms with E-state index in [-0.39, 0.29) is 12.4 Å². The van der Waals surface area contributed by atoms with Gasteiger partial charge in [0.2, 0.25) is 0 Å². The Hall–Kier alpha value is -2.57. The number of aliphatic hydroxyl groups is 1. The van der Waals surface area contributed by atoms with Gasteiger partial charge in [0.15, 0.2) is 0 Å². The molecule has 1 aliphatic heterocycles. The maximum absolute atomic E-state index is 14.0. The van der Waals surface area contributed by atoms with E-state index in [1.165, 1.54) is 6.07 Å². The van der Waals surface area contributed by atoms with Gasteiger partial charge in [0.25, 0.3) is 0 Å². The average Bonchev–Trinajstić information content (AvgIpc) is 2.74. The third-order valence-electron chi connectivity index (χ3n) is 5.10. The first-order valence-electron chi connectivity index (χ1n) is 9.91. The zero-order chi connectivity index (χ0) is 20.6. The fraction of sp³-hybridized carbons (Fsp3) is 0.391. The van der Waals surface area contributed by atoms with Crippen LogP contribution in [0, 0.1) is 5.82 Å². The van der Waals surface area contributed by atoms with Crippen LogP contribution in [-0.4, -0.2) is 62.6 Å². The first kappa shape index (κ1) is 21.1. The van der Waals surface area contributed by atoms with E-state index in [0.29, 0.717) is 18.7 Å². The van der Waals surface area contributed by atoms with E-state index < -0.39 is 6.10 Å². The summed E-state index contributed by atoms with van der Waals surface area (Å²) in [6, 6.07) is 12.5. The van der Waals surface area contributed by atoms with Crippen molar-refractivity contribution in [3.63, 3.8) is 0 Å². The normalized spacial score (nSPS) is 15.8. The Morgan fingerprint density at radius 3 is 2.62 bits per heavy atom. The lowest BCUT2D eigenvalue weighted by atomic mass is 10.1. The van der Waals surface area contributed by atoms with Crippen molar-refractivity contribution >= 4 is 5.69 Å². The third-order valence-corrected chi connectivity index (χ3v) is 5.10. The molecule has 1 heterocycles. The summed E-state index contributed by atoms with van der Waals surface area (Å²) in [5, 5.41) is 10.4. The highest BCUT2D eigenvalue weighted by Crippen LogP contribution is 2.25. The van der Waals surface area contributed by atoms with Crippen molar-refractivity contribution in [2.24, 2.45) is 0 Å². The second-order valence-corrected chi connectivity index (χ2v) is 7.17. The molecule has 3 rings (SSSR count). The molecule has 1 fully saturated rings. The number of allylic oxidation sites excluding steroid dienone is 1. The highest BCUT2D eigenvalue weighted by atomic mass is 19.1. The van der Waals surface area contributed by atoms with E-state index in [4.69, 9.17) is 9.47 Å². The van der Waals surface area contributed by atoms with Crippen molar-refractivity contribution in [2.45, 2.75) is 12.5 Å². The number of ether oxygens (including phenoxy) is 2. The van der Waals surface area contributed by atoms with Crippen LogP contribution in [-0.2, 0) is 6.42 Å². The predicted molar refractivity (Wildman–Crippen MR) is 113 cm³/mol. The molecular weight excluding hydrogens is 371 g/mol. The van der Waals surface area contributed by atoms with Crippen molar-refractivity contribution in [3.05, 3.63) is 66.5 Å². The molecule has 0 bridgehead atoms.